The number of halogens is 1. The number of anilines is 1. The molecule has 2 N–H and O–H groups in total. The third-order valence-electron chi connectivity index (χ3n) is 3.70. The Bertz CT molecular complexity index is 471. The van der Waals surface area contributed by atoms with Gasteiger partial charge in [-0.3, -0.25) is 4.79 Å². The number of carbonyl (C=O) groups excluding carboxylic acids is 1. The van der Waals surface area contributed by atoms with E-state index in [0.29, 0.717) is 12.2 Å². The van der Waals surface area contributed by atoms with Gasteiger partial charge in [-0.05, 0) is 37.9 Å². The van der Waals surface area contributed by atoms with E-state index in [-0.39, 0.29) is 11.6 Å². The number of carbonyl (C=O) groups is 1. The van der Waals surface area contributed by atoms with E-state index in [1.165, 1.54) is 25.3 Å². The van der Waals surface area contributed by atoms with Gasteiger partial charge in [0.25, 0.3) is 0 Å². The van der Waals surface area contributed by atoms with Gasteiger partial charge in [0.1, 0.15) is 11.6 Å². The Morgan fingerprint density at radius 1 is 1.58 bits per heavy atom. The summed E-state index contributed by atoms with van der Waals surface area (Å²) in [5.41, 5.74) is -0.416. The predicted molar refractivity (Wildman–Crippen MR) is 71.8 cm³/mol. The largest absolute Gasteiger partial charge is 0.497 e. The lowest BCUT2D eigenvalue weighted by Crippen LogP contribution is -2.50. The average Bonchev–Trinajstić information content (AvgIpc) is 2.91. The summed E-state index contributed by atoms with van der Waals surface area (Å²) >= 11 is 0. The van der Waals surface area contributed by atoms with E-state index < -0.39 is 11.4 Å². The highest BCUT2D eigenvalue weighted by Gasteiger charge is 2.39. The third kappa shape index (κ3) is 2.71. The maximum Gasteiger partial charge on any atom is 0.244 e. The summed E-state index contributed by atoms with van der Waals surface area (Å²) in [6, 6.07) is 4.30. The van der Waals surface area contributed by atoms with Gasteiger partial charge in [0.15, 0.2) is 0 Å². The lowest BCUT2D eigenvalue weighted by Gasteiger charge is -2.26. The van der Waals surface area contributed by atoms with Crippen LogP contribution in [0.3, 0.4) is 0 Å². The highest BCUT2D eigenvalue weighted by molar-refractivity contribution is 5.98. The molecule has 1 fully saturated rings. The molecule has 0 saturated carbocycles. The molecule has 5 heteroatoms. The first-order valence-electron chi connectivity index (χ1n) is 6.51. The first-order valence-corrected chi connectivity index (χ1v) is 6.51. The minimum Gasteiger partial charge on any atom is -0.497 e. The monoisotopic (exact) mass is 266 g/mol. The second-order valence-corrected chi connectivity index (χ2v) is 4.77. The van der Waals surface area contributed by atoms with Gasteiger partial charge < -0.3 is 15.4 Å². The molecule has 1 heterocycles. The number of hydrogen-bond acceptors (Lipinski definition) is 3. The van der Waals surface area contributed by atoms with E-state index in [2.05, 4.69) is 10.6 Å². The normalized spacial score (nSPS) is 22.3. The fourth-order valence-corrected chi connectivity index (χ4v) is 2.43. The molecule has 1 aromatic rings. The molecular weight excluding hydrogens is 247 g/mol. The Kier molecular flexibility index (Phi) is 4.04. The Balaban J connectivity index is 2.18. The molecule has 1 aliphatic rings. The van der Waals surface area contributed by atoms with Gasteiger partial charge in [-0.25, -0.2) is 4.39 Å². The summed E-state index contributed by atoms with van der Waals surface area (Å²) in [6.07, 6.45) is 2.42. The molecule has 1 aliphatic heterocycles. The molecule has 104 valence electrons. The number of hydrogen-bond donors (Lipinski definition) is 2. The average molecular weight is 266 g/mol. The van der Waals surface area contributed by atoms with Crippen LogP contribution in [0.4, 0.5) is 10.1 Å². The number of rotatable bonds is 4. The number of ether oxygens (including phenoxy) is 1. The van der Waals surface area contributed by atoms with Crippen molar-refractivity contribution in [1.82, 2.24) is 5.32 Å². The smallest absolute Gasteiger partial charge is 0.244 e. The lowest BCUT2D eigenvalue weighted by molar-refractivity contribution is -0.122. The number of amides is 1. The van der Waals surface area contributed by atoms with E-state index >= 15 is 0 Å². The van der Waals surface area contributed by atoms with Crippen LogP contribution in [-0.4, -0.2) is 25.1 Å². The second kappa shape index (κ2) is 5.57. The molecule has 2 rings (SSSR count). The zero-order chi connectivity index (χ0) is 13.9. The first kappa shape index (κ1) is 13.8. The van der Waals surface area contributed by atoms with Gasteiger partial charge in [-0.2, -0.15) is 0 Å². The summed E-state index contributed by atoms with van der Waals surface area (Å²) in [4.78, 5) is 12.3. The van der Waals surface area contributed by atoms with Gasteiger partial charge in [-0.15, -0.1) is 0 Å². The van der Waals surface area contributed by atoms with E-state index in [9.17, 15) is 9.18 Å². The Hall–Kier alpha value is -1.62. The zero-order valence-electron chi connectivity index (χ0n) is 11.3. The molecule has 0 aromatic heterocycles. The summed E-state index contributed by atoms with van der Waals surface area (Å²) in [5.74, 6) is -0.125. The van der Waals surface area contributed by atoms with Crippen molar-refractivity contribution in [2.45, 2.75) is 31.7 Å². The van der Waals surface area contributed by atoms with Crippen molar-refractivity contribution in [2.24, 2.45) is 0 Å². The fraction of sp³-hybridized carbons (Fsp3) is 0.500. The predicted octanol–water partition coefficient (Wildman–Crippen LogP) is 2.30. The van der Waals surface area contributed by atoms with E-state index in [1.807, 2.05) is 6.92 Å². The van der Waals surface area contributed by atoms with Crippen LogP contribution in [0.15, 0.2) is 18.2 Å². The summed E-state index contributed by atoms with van der Waals surface area (Å²) in [5, 5.41) is 5.88. The van der Waals surface area contributed by atoms with Crippen molar-refractivity contribution >= 4 is 11.6 Å². The maximum atomic E-state index is 13.7. The number of benzene rings is 1. The van der Waals surface area contributed by atoms with Crippen molar-refractivity contribution in [2.75, 3.05) is 19.0 Å². The van der Waals surface area contributed by atoms with Crippen LogP contribution in [0.2, 0.25) is 0 Å². The molecule has 1 aromatic carbocycles. The SMILES string of the molecule is CCC1(C(=O)Nc2cc(OC)ccc2F)CCCN1. The minimum absolute atomic E-state index is 0.158. The molecule has 0 radical (unpaired) electrons. The van der Waals surface area contributed by atoms with Gasteiger partial charge in [0.2, 0.25) is 5.91 Å². The Morgan fingerprint density at radius 2 is 2.37 bits per heavy atom. The molecule has 1 unspecified atom stereocenters. The molecule has 0 aliphatic carbocycles. The maximum absolute atomic E-state index is 13.7. The first-order chi connectivity index (χ1) is 9.11. The molecule has 1 amide bonds. The van der Waals surface area contributed by atoms with Gasteiger partial charge in [-0.1, -0.05) is 6.92 Å². The Morgan fingerprint density at radius 3 is 2.95 bits per heavy atom. The van der Waals surface area contributed by atoms with Gasteiger partial charge in [0.05, 0.1) is 18.3 Å². The summed E-state index contributed by atoms with van der Waals surface area (Å²) < 4.78 is 18.7. The van der Waals surface area contributed by atoms with Crippen LogP contribution in [0.5, 0.6) is 5.75 Å². The fourth-order valence-electron chi connectivity index (χ4n) is 2.43. The standard InChI is InChI=1S/C14H19FN2O2/c1-3-14(7-4-8-16-14)13(18)17-12-9-10(19-2)5-6-11(12)15/h5-6,9,16H,3-4,7-8H2,1-2H3,(H,17,18). The zero-order valence-corrected chi connectivity index (χ0v) is 11.3. The highest BCUT2D eigenvalue weighted by Crippen LogP contribution is 2.27. The van der Waals surface area contributed by atoms with Crippen molar-refractivity contribution < 1.29 is 13.9 Å². The van der Waals surface area contributed by atoms with Crippen molar-refractivity contribution in [3.8, 4) is 5.75 Å². The number of nitrogens with one attached hydrogen (secondary N) is 2. The molecule has 1 atom stereocenters. The van der Waals surface area contributed by atoms with Crippen LogP contribution < -0.4 is 15.4 Å². The number of methoxy groups -OCH3 is 1. The lowest BCUT2D eigenvalue weighted by atomic mass is 9.93. The van der Waals surface area contributed by atoms with Crippen LogP contribution in [0, 0.1) is 5.82 Å². The quantitative estimate of drug-likeness (QED) is 0.879. The molecule has 1 saturated heterocycles. The van der Waals surface area contributed by atoms with Crippen LogP contribution in [0.25, 0.3) is 0 Å². The second-order valence-electron chi connectivity index (χ2n) is 4.77. The Labute approximate surface area is 112 Å². The van der Waals surface area contributed by atoms with E-state index in [0.717, 1.165) is 19.4 Å². The topological polar surface area (TPSA) is 50.4 Å². The van der Waals surface area contributed by atoms with Crippen molar-refractivity contribution in [3.63, 3.8) is 0 Å². The summed E-state index contributed by atoms with van der Waals surface area (Å²) in [7, 11) is 1.50. The van der Waals surface area contributed by atoms with Gasteiger partial charge >= 0.3 is 0 Å². The molecule has 0 bridgehead atoms. The van der Waals surface area contributed by atoms with E-state index in [4.69, 9.17) is 4.74 Å². The minimum atomic E-state index is -0.574. The summed E-state index contributed by atoms with van der Waals surface area (Å²) in [6.45, 7) is 2.78. The van der Waals surface area contributed by atoms with Crippen LogP contribution >= 0.6 is 0 Å². The third-order valence-corrected chi connectivity index (χ3v) is 3.70. The molecule has 4 nitrogen and oxygen atoms in total. The molecular formula is C14H19FN2O2. The van der Waals surface area contributed by atoms with Crippen molar-refractivity contribution in [1.29, 1.82) is 0 Å². The molecule has 19 heavy (non-hydrogen) atoms. The van der Waals surface area contributed by atoms with E-state index in [1.54, 1.807) is 0 Å². The van der Waals surface area contributed by atoms with Gasteiger partial charge in [0, 0.05) is 6.07 Å². The van der Waals surface area contributed by atoms with Crippen LogP contribution in [-0.2, 0) is 4.79 Å². The molecule has 0 spiro atoms. The van der Waals surface area contributed by atoms with Crippen LogP contribution in [0.1, 0.15) is 26.2 Å². The van der Waals surface area contributed by atoms with Crippen molar-refractivity contribution in [3.05, 3.63) is 24.0 Å². The highest BCUT2D eigenvalue weighted by atomic mass is 19.1.